The Balaban J connectivity index is 2.83. The third kappa shape index (κ3) is 6.38. The van der Waals surface area contributed by atoms with Gasteiger partial charge in [-0.05, 0) is 12.1 Å². The molecule has 10 heteroatoms. The lowest BCUT2D eigenvalue weighted by Gasteiger charge is -2.09. The van der Waals surface area contributed by atoms with Crippen LogP contribution in [0.5, 0.6) is 5.75 Å². The number of ether oxygens (including phenoxy) is 1. The number of hydrogen-bond donors (Lipinski definition) is 3. The number of amidine groups is 1. The topological polar surface area (TPSA) is 139 Å². The van der Waals surface area contributed by atoms with E-state index in [1.807, 2.05) is 0 Å². The van der Waals surface area contributed by atoms with E-state index in [4.69, 9.17) is 15.9 Å². The van der Waals surface area contributed by atoms with Gasteiger partial charge >= 0.3 is 0 Å². The second-order valence-corrected chi connectivity index (χ2v) is 8.33. The molecule has 0 aliphatic carbocycles. The molecular formula is C10H15N3O5S2. The van der Waals surface area contributed by atoms with Crippen molar-refractivity contribution in [2.75, 3.05) is 22.7 Å². The number of benzene rings is 1. The Morgan fingerprint density at radius 2 is 2.00 bits per heavy atom. The summed E-state index contributed by atoms with van der Waals surface area (Å²) >= 11 is 0. The molecule has 8 nitrogen and oxygen atoms in total. The van der Waals surface area contributed by atoms with Gasteiger partial charge in [-0.15, -0.1) is 0 Å². The van der Waals surface area contributed by atoms with Crippen molar-refractivity contribution in [3.05, 3.63) is 24.3 Å². The van der Waals surface area contributed by atoms with E-state index in [0.717, 1.165) is 6.26 Å². The van der Waals surface area contributed by atoms with E-state index in [2.05, 4.69) is 4.72 Å². The summed E-state index contributed by atoms with van der Waals surface area (Å²) in [6.07, 6.45) is 0.832. The summed E-state index contributed by atoms with van der Waals surface area (Å²) in [5, 5.41) is 6.01. The van der Waals surface area contributed by atoms with Gasteiger partial charge in [0.2, 0.25) is 10.0 Å². The molecule has 0 saturated heterocycles. The summed E-state index contributed by atoms with van der Waals surface area (Å²) in [4.78, 5) is 0. The summed E-state index contributed by atoms with van der Waals surface area (Å²) in [5.41, 5.74) is 5.29. The fraction of sp³-hybridized carbons (Fsp3) is 0.300. The molecule has 1 rings (SSSR count). The van der Waals surface area contributed by atoms with Gasteiger partial charge < -0.3 is 10.5 Å². The lowest BCUT2D eigenvalue weighted by molar-refractivity contribution is 0.374. The number of hydrogen-bond acceptors (Lipinski definition) is 6. The highest BCUT2D eigenvalue weighted by Gasteiger charge is 2.18. The third-order valence-corrected chi connectivity index (χ3v) is 5.37. The largest absolute Gasteiger partial charge is 0.486 e. The summed E-state index contributed by atoms with van der Waals surface area (Å²) in [5.74, 6) is 0.132. The first kappa shape index (κ1) is 16.2. The number of rotatable bonds is 7. The highest BCUT2D eigenvalue weighted by atomic mass is 32.3. The van der Waals surface area contributed by atoms with Crippen molar-refractivity contribution in [1.82, 2.24) is 0 Å². The fourth-order valence-corrected chi connectivity index (χ4v) is 4.28. The number of nitrogens with two attached hydrogens (primary N) is 1. The molecule has 0 saturated carbocycles. The van der Waals surface area contributed by atoms with Gasteiger partial charge in [0.1, 0.15) is 18.2 Å². The predicted molar refractivity (Wildman–Crippen MR) is 76.1 cm³/mol. The average Bonchev–Trinajstić information content (AvgIpc) is 2.22. The van der Waals surface area contributed by atoms with Crippen LogP contribution in [0.15, 0.2) is 24.3 Å². The molecule has 1 aromatic rings. The maximum absolute atomic E-state index is 11.6. The number of sulfone groups is 1. The lowest BCUT2D eigenvalue weighted by Crippen LogP contribution is -2.22. The maximum atomic E-state index is 11.6. The van der Waals surface area contributed by atoms with Gasteiger partial charge in [0.15, 0.2) is 14.9 Å². The first-order valence-electron chi connectivity index (χ1n) is 5.31. The second-order valence-electron chi connectivity index (χ2n) is 4.10. The van der Waals surface area contributed by atoms with Crippen LogP contribution in [-0.2, 0) is 19.9 Å². The summed E-state index contributed by atoms with van der Waals surface area (Å²) in [7, 11) is -7.66. The molecule has 0 aliphatic heterocycles. The zero-order chi connectivity index (χ0) is 15.4. The Hall–Kier alpha value is -1.81. The predicted octanol–water partition coefficient (Wildman–Crippen LogP) is -0.255. The molecule has 4 N–H and O–H groups in total. The van der Waals surface area contributed by atoms with Gasteiger partial charge in [-0.1, -0.05) is 6.07 Å². The quantitative estimate of drug-likeness (QED) is 0.467. The van der Waals surface area contributed by atoms with Crippen LogP contribution in [-0.4, -0.2) is 40.6 Å². The van der Waals surface area contributed by atoms with E-state index in [-0.39, 0.29) is 18.1 Å². The van der Waals surface area contributed by atoms with Crippen molar-refractivity contribution in [3.63, 3.8) is 0 Å². The zero-order valence-electron chi connectivity index (χ0n) is 10.7. The number of nitrogens with one attached hydrogen (secondary N) is 2. The van der Waals surface area contributed by atoms with E-state index in [9.17, 15) is 16.8 Å². The molecule has 0 heterocycles. The molecule has 20 heavy (non-hydrogen) atoms. The van der Waals surface area contributed by atoms with Crippen LogP contribution in [0.3, 0.4) is 0 Å². The van der Waals surface area contributed by atoms with Crippen molar-refractivity contribution in [1.29, 1.82) is 5.41 Å². The number of anilines is 1. The smallest absolute Gasteiger partial charge is 0.247 e. The summed E-state index contributed by atoms with van der Waals surface area (Å²) < 4.78 is 52.5. The molecule has 1 aromatic carbocycles. The molecule has 0 aromatic heterocycles. The first-order chi connectivity index (χ1) is 9.07. The standard InChI is InChI=1S/C10H15N3O5S2/c1-19(14,15)7-20(16,17)13-8-3-2-4-9(5-8)18-6-10(11)12/h2-5,13H,6-7H2,1H3,(H3,11,12). The van der Waals surface area contributed by atoms with Crippen LogP contribution in [0.2, 0.25) is 0 Å². The van der Waals surface area contributed by atoms with Gasteiger partial charge in [-0.2, -0.15) is 0 Å². The Bertz CT molecular complexity index is 697. The third-order valence-electron chi connectivity index (χ3n) is 1.87. The normalized spacial score (nSPS) is 11.8. The minimum Gasteiger partial charge on any atom is -0.486 e. The average molecular weight is 321 g/mol. The Kier molecular flexibility index (Phi) is 4.95. The fourth-order valence-electron chi connectivity index (χ4n) is 1.30. The molecule has 0 fully saturated rings. The highest BCUT2D eigenvalue weighted by molar-refractivity contribution is 8.08. The molecule has 0 atom stereocenters. The van der Waals surface area contributed by atoms with Crippen molar-refractivity contribution in [2.24, 2.45) is 5.73 Å². The zero-order valence-corrected chi connectivity index (χ0v) is 12.3. The maximum Gasteiger partial charge on any atom is 0.247 e. The van der Waals surface area contributed by atoms with Crippen LogP contribution >= 0.6 is 0 Å². The molecule has 0 amide bonds. The molecule has 0 aliphatic rings. The van der Waals surface area contributed by atoms with E-state index >= 15 is 0 Å². The van der Waals surface area contributed by atoms with Gasteiger partial charge in [0.25, 0.3) is 0 Å². The van der Waals surface area contributed by atoms with Crippen LogP contribution in [0.4, 0.5) is 5.69 Å². The van der Waals surface area contributed by atoms with Crippen LogP contribution < -0.4 is 15.2 Å². The van der Waals surface area contributed by atoms with Crippen molar-refractivity contribution < 1.29 is 21.6 Å². The number of sulfonamides is 1. The van der Waals surface area contributed by atoms with Crippen LogP contribution in [0.1, 0.15) is 0 Å². The lowest BCUT2D eigenvalue weighted by atomic mass is 10.3. The Morgan fingerprint density at radius 3 is 2.55 bits per heavy atom. The van der Waals surface area contributed by atoms with E-state index in [0.29, 0.717) is 5.75 Å². The van der Waals surface area contributed by atoms with E-state index in [1.54, 1.807) is 6.07 Å². The van der Waals surface area contributed by atoms with Crippen LogP contribution in [0, 0.1) is 5.41 Å². The molecule has 0 unspecified atom stereocenters. The first-order valence-corrected chi connectivity index (χ1v) is 9.03. The minimum atomic E-state index is -4.00. The van der Waals surface area contributed by atoms with Crippen LogP contribution in [0.25, 0.3) is 0 Å². The van der Waals surface area contributed by atoms with Gasteiger partial charge in [0.05, 0.1) is 5.69 Å². The van der Waals surface area contributed by atoms with Crippen molar-refractivity contribution >= 4 is 31.4 Å². The Labute approximate surface area is 117 Å². The minimum absolute atomic E-state index is 0.125. The molecule has 0 radical (unpaired) electrons. The summed E-state index contributed by atoms with van der Waals surface area (Å²) in [6, 6.07) is 5.88. The van der Waals surface area contributed by atoms with Crippen molar-refractivity contribution in [2.45, 2.75) is 0 Å². The van der Waals surface area contributed by atoms with Crippen molar-refractivity contribution in [3.8, 4) is 5.75 Å². The van der Waals surface area contributed by atoms with Gasteiger partial charge in [-0.3, -0.25) is 10.1 Å². The molecule has 0 spiro atoms. The van der Waals surface area contributed by atoms with Gasteiger partial charge in [0, 0.05) is 12.3 Å². The van der Waals surface area contributed by atoms with Gasteiger partial charge in [-0.25, -0.2) is 16.8 Å². The monoisotopic (exact) mass is 321 g/mol. The molecular weight excluding hydrogens is 306 g/mol. The molecule has 112 valence electrons. The molecule has 0 bridgehead atoms. The SMILES string of the molecule is CS(=O)(=O)CS(=O)(=O)Nc1cccc(OCC(=N)N)c1. The summed E-state index contributed by atoms with van der Waals surface area (Å²) in [6.45, 7) is -0.125. The second kappa shape index (κ2) is 6.09. The van der Waals surface area contributed by atoms with E-state index < -0.39 is 24.9 Å². The Morgan fingerprint density at radius 1 is 1.35 bits per heavy atom. The highest BCUT2D eigenvalue weighted by Crippen LogP contribution is 2.18. The van der Waals surface area contributed by atoms with E-state index in [1.165, 1.54) is 18.2 Å².